The standard InChI is InChI=1S/C30H36N6/c1-22-28(19-34-16-25-4-10-31-11-5-25)23(2)30(21-36-18-27-8-14-33-15-9-27)24(3)29(22)20-35-17-26-6-12-32-13-7-26/h4-15,34-36H,16-21H2,1-3H3. The van der Waals surface area contributed by atoms with Gasteiger partial charge in [0, 0.05) is 76.4 Å². The number of hydrogen-bond acceptors (Lipinski definition) is 6. The lowest BCUT2D eigenvalue weighted by Crippen LogP contribution is -2.22. The molecule has 1 aromatic carbocycles. The van der Waals surface area contributed by atoms with Gasteiger partial charge in [-0.05, 0) is 107 Å². The normalized spacial score (nSPS) is 11.1. The minimum absolute atomic E-state index is 0.820. The minimum atomic E-state index is 0.820. The lowest BCUT2D eigenvalue weighted by atomic mass is 9.87. The molecule has 0 aliphatic heterocycles. The minimum Gasteiger partial charge on any atom is -0.309 e. The first-order valence-electron chi connectivity index (χ1n) is 12.5. The predicted molar refractivity (Wildman–Crippen MR) is 145 cm³/mol. The van der Waals surface area contributed by atoms with Crippen molar-refractivity contribution in [2.75, 3.05) is 0 Å². The largest absolute Gasteiger partial charge is 0.309 e. The van der Waals surface area contributed by atoms with Crippen LogP contribution in [0.2, 0.25) is 0 Å². The highest BCUT2D eigenvalue weighted by Gasteiger charge is 2.17. The molecule has 6 heteroatoms. The third-order valence-electron chi connectivity index (χ3n) is 6.86. The molecule has 0 saturated heterocycles. The van der Waals surface area contributed by atoms with E-state index < -0.39 is 0 Å². The summed E-state index contributed by atoms with van der Waals surface area (Å²) in [6, 6.07) is 12.4. The highest BCUT2D eigenvalue weighted by atomic mass is 14.9. The van der Waals surface area contributed by atoms with Crippen molar-refractivity contribution in [1.29, 1.82) is 0 Å². The molecule has 0 saturated carbocycles. The van der Waals surface area contributed by atoms with Gasteiger partial charge in [-0.1, -0.05) is 0 Å². The van der Waals surface area contributed by atoms with Crippen molar-refractivity contribution in [3.63, 3.8) is 0 Å². The summed E-state index contributed by atoms with van der Waals surface area (Å²) in [4.78, 5) is 12.4. The molecule has 0 radical (unpaired) electrons. The van der Waals surface area contributed by atoms with Crippen LogP contribution in [0.4, 0.5) is 0 Å². The van der Waals surface area contributed by atoms with Gasteiger partial charge in [0.2, 0.25) is 0 Å². The van der Waals surface area contributed by atoms with Crippen molar-refractivity contribution in [3.8, 4) is 0 Å². The van der Waals surface area contributed by atoms with E-state index >= 15 is 0 Å². The van der Waals surface area contributed by atoms with Gasteiger partial charge in [0.1, 0.15) is 0 Å². The summed E-state index contributed by atoms with van der Waals surface area (Å²) in [6.07, 6.45) is 11.1. The van der Waals surface area contributed by atoms with Crippen molar-refractivity contribution >= 4 is 0 Å². The number of nitrogens with one attached hydrogen (secondary N) is 3. The zero-order valence-corrected chi connectivity index (χ0v) is 21.5. The van der Waals surface area contributed by atoms with Crippen LogP contribution in [0.1, 0.15) is 50.1 Å². The molecule has 4 rings (SSSR count). The Kier molecular flexibility index (Phi) is 9.27. The molecule has 0 unspecified atom stereocenters. The third-order valence-corrected chi connectivity index (χ3v) is 6.86. The smallest absolute Gasteiger partial charge is 0.0271 e. The topological polar surface area (TPSA) is 74.8 Å². The maximum Gasteiger partial charge on any atom is 0.0271 e. The molecule has 6 nitrogen and oxygen atoms in total. The zero-order chi connectivity index (χ0) is 25.2. The van der Waals surface area contributed by atoms with Crippen molar-refractivity contribution in [3.05, 3.63) is 124 Å². The summed E-state index contributed by atoms with van der Waals surface area (Å²) in [7, 11) is 0. The van der Waals surface area contributed by atoms with Gasteiger partial charge < -0.3 is 16.0 Å². The van der Waals surface area contributed by atoms with E-state index in [0.29, 0.717) is 0 Å². The Morgan fingerprint density at radius 2 is 0.667 bits per heavy atom. The number of nitrogens with zero attached hydrogens (tertiary/aromatic N) is 3. The number of pyridine rings is 3. The molecule has 0 spiro atoms. The van der Waals surface area contributed by atoms with Crippen LogP contribution < -0.4 is 16.0 Å². The van der Waals surface area contributed by atoms with E-state index in [9.17, 15) is 0 Å². The summed E-state index contributed by atoms with van der Waals surface area (Å²) >= 11 is 0. The van der Waals surface area contributed by atoms with Gasteiger partial charge in [-0.25, -0.2) is 0 Å². The second kappa shape index (κ2) is 13.0. The fourth-order valence-electron chi connectivity index (χ4n) is 4.68. The molecule has 0 aliphatic carbocycles. The second-order valence-electron chi connectivity index (χ2n) is 9.19. The molecular weight excluding hydrogens is 444 g/mol. The molecule has 186 valence electrons. The zero-order valence-electron chi connectivity index (χ0n) is 21.5. The second-order valence-corrected chi connectivity index (χ2v) is 9.19. The van der Waals surface area contributed by atoms with Crippen LogP contribution in [0.5, 0.6) is 0 Å². The van der Waals surface area contributed by atoms with Crippen LogP contribution in [-0.4, -0.2) is 15.0 Å². The molecule has 3 N–H and O–H groups in total. The van der Waals surface area contributed by atoms with Crippen LogP contribution in [0.25, 0.3) is 0 Å². The fraction of sp³-hybridized carbons (Fsp3) is 0.300. The summed E-state index contributed by atoms with van der Waals surface area (Å²) in [5.41, 5.74) is 12.0. The number of aromatic nitrogens is 3. The molecule has 0 amide bonds. The fourth-order valence-corrected chi connectivity index (χ4v) is 4.68. The summed E-state index contributed by atoms with van der Waals surface area (Å²) in [6.45, 7) is 11.7. The third kappa shape index (κ3) is 6.82. The quantitative estimate of drug-likeness (QED) is 0.274. The van der Waals surface area contributed by atoms with Crippen LogP contribution >= 0.6 is 0 Å². The number of rotatable bonds is 12. The maximum absolute atomic E-state index is 4.12. The number of benzene rings is 1. The first-order chi connectivity index (χ1) is 17.6. The van der Waals surface area contributed by atoms with Gasteiger partial charge in [0.25, 0.3) is 0 Å². The molecule has 4 aromatic rings. The molecule has 36 heavy (non-hydrogen) atoms. The summed E-state index contributed by atoms with van der Waals surface area (Å²) < 4.78 is 0. The summed E-state index contributed by atoms with van der Waals surface area (Å²) in [5.74, 6) is 0. The average molecular weight is 481 g/mol. The molecule has 0 aliphatic rings. The highest BCUT2D eigenvalue weighted by Crippen LogP contribution is 2.28. The van der Waals surface area contributed by atoms with E-state index in [-0.39, 0.29) is 0 Å². The van der Waals surface area contributed by atoms with Gasteiger partial charge in [-0.2, -0.15) is 0 Å². The first kappa shape index (κ1) is 25.6. The molecule has 0 fully saturated rings. The highest BCUT2D eigenvalue weighted by molar-refractivity contribution is 5.50. The van der Waals surface area contributed by atoms with Crippen molar-refractivity contribution in [2.24, 2.45) is 0 Å². The lowest BCUT2D eigenvalue weighted by molar-refractivity contribution is 0.655. The van der Waals surface area contributed by atoms with Crippen LogP contribution in [0.15, 0.2) is 73.6 Å². The Labute approximate surface area is 214 Å². The van der Waals surface area contributed by atoms with E-state index in [0.717, 1.165) is 39.3 Å². The average Bonchev–Trinajstić information content (AvgIpc) is 2.92. The van der Waals surface area contributed by atoms with Gasteiger partial charge in [0.05, 0.1) is 0 Å². The van der Waals surface area contributed by atoms with E-state index in [4.69, 9.17) is 0 Å². The van der Waals surface area contributed by atoms with Crippen molar-refractivity contribution in [2.45, 2.75) is 60.0 Å². The molecular formula is C30H36N6. The Hall–Kier alpha value is -3.45. The van der Waals surface area contributed by atoms with Crippen molar-refractivity contribution < 1.29 is 0 Å². The van der Waals surface area contributed by atoms with Gasteiger partial charge in [0.15, 0.2) is 0 Å². The first-order valence-corrected chi connectivity index (χ1v) is 12.5. The molecule has 0 bridgehead atoms. The SMILES string of the molecule is Cc1c(CNCc2ccncc2)c(C)c(CNCc2ccncc2)c(C)c1CNCc1ccncc1. The van der Waals surface area contributed by atoms with E-state index in [1.165, 1.54) is 50.1 Å². The Morgan fingerprint density at radius 3 is 0.917 bits per heavy atom. The van der Waals surface area contributed by atoms with Crippen LogP contribution in [-0.2, 0) is 39.3 Å². The number of hydrogen-bond donors (Lipinski definition) is 3. The van der Waals surface area contributed by atoms with E-state index in [1.54, 1.807) is 0 Å². The van der Waals surface area contributed by atoms with Gasteiger partial charge in [-0.15, -0.1) is 0 Å². The van der Waals surface area contributed by atoms with Gasteiger partial charge in [-0.3, -0.25) is 15.0 Å². The van der Waals surface area contributed by atoms with Crippen molar-refractivity contribution in [1.82, 2.24) is 30.9 Å². The Bertz CT molecular complexity index is 1050. The van der Waals surface area contributed by atoms with Gasteiger partial charge >= 0.3 is 0 Å². The molecule has 0 atom stereocenters. The van der Waals surface area contributed by atoms with E-state index in [2.05, 4.69) is 88.1 Å². The predicted octanol–water partition coefficient (Wildman–Crippen LogP) is 4.67. The Balaban J connectivity index is 1.52. The Morgan fingerprint density at radius 1 is 0.417 bits per heavy atom. The molecule has 3 heterocycles. The van der Waals surface area contributed by atoms with Crippen LogP contribution in [0.3, 0.4) is 0 Å². The van der Waals surface area contributed by atoms with E-state index in [1.807, 2.05) is 37.2 Å². The monoisotopic (exact) mass is 480 g/mol. The summed E-state index contributed by atoms with van der Waals surface area (Å²) in [5, 5.41) is 11.0. The molecule has 3 aromatic heterocycles. The lowest BCUT2D eigenvalue weighted by Gasteiger charge is -2.23. The maximum atomic E-state index is 4.12. The van der Waals surface area contributed by atoms with Crippen LogP contribution in [0, 0.1) is 20.8 Å².